The molecule has 30 heavy (non-hydrogen) atoms. The van der Waals surface area contributed by atoms with E-state index < -0.39 is 0 Å². The van der Waals surface area contributed by atoms with E-state index in [1.807, 2.05) is 37.4 Å². The van der Waals surface area contributed by atoms with Crippen molar-refractivity contribution in [3.63, 3.8) is 0 Å². The van der Waals surface area contributed by atoms with Crippen LogP contribution >= 0.6 is 23.7 Å². The summed E-state index contributed by atoms with van der Waals surface area (Å²) in [4.78, 5) is 0.569. The third-order valence-corrected chi connectivity index (χ3v) is 5.39. The van der Waals surface area contributed by atoms with E-state index in [0.717, 1.165) is 29.4 Å². The number of hydrogen-bond donors (Lipinski definition) is 2. The number of aromatic nitrogens is 2. The summed E-state index contributed by atoms with van der Waals surface area (Å²) in [7, 11) is 1.84. The third kappa shape index (κ3) is 7.20. The Morgan fingerprint density at radius 1 is 1.23 bits per heavy atom. The predicted octanol–water partition coefficient (Wildman–Crippen LogP) is 5.96. The summed E-state index contributed by atoms with van der Waals surface area (Å²) in [5, 5.41) is 8.35. The van der Waals surface area contributed by atoms with Gasteiger partial charge in [0.1, 0.15) is 0 Å². The van der Waals surface area contributed by atoms with Gasteiger partial charge in [0.05, 0.1) is 28.9 Å². The lowest BCUT2D eigenvalue weighted by molar-refractivity contribution is 0.461. The van der Waals surface area contributed by atoms with Crippen LogP contribution in [0.1, 0.15) is 24.3 Å². The summed E-state index contributed by atoms with van der Waals surface area (Å²) in [6, 6.07) is 17.9. The molecular formula is C23H28ClFN4S. The SMILES string of the molecule is C=CN.Clc1ccccc1.Cn1ncc(SF)c1-c1ccc(C2CCCNC2)cc1. The fraction of sp³-hybridized carbons (Fsp3) is 0.261. The normalized spacial score (nSPS) is 15.2. The van der Waals surface area contributed by atoms with Crippen molar-refractivity contribution < 1.29 is 3.89 Å². The highest BCUT2D eigenvalue weighted by Crippen LogP contribution is 2.32. The number of nitrogens with zero attached hydrogens (tertiary/aromatic N) is 2. The maximum Gasteiger partial charge on any atom is 0.0867 e. The molecule has 160 valence electrons. The average Bonchev–Trinajstić information content (AvgIpc) is 3.16. The van der Waals surface area contributed by atoms with Gasteiger partial charge in [-0.2, -0.15) is 8.98 Å². The number of halogens is 2. The quantitative estimate of drug-likeness (QED) is 0.521. The Morgan fingerprint density at radius 3 is 2.40 bits per heavy atom. The Labute approximate surface area is 187 Å². The zero-order valence-corrected chi connectivity index (χ0v) is 18.7. The fourth-order valence-electron chi connectivity index (χ4n) is 3.27. The lowest BCUT2D eigenvalue weighted by Gasteiger charge is -2.23. The Hall–Kier alpha value is -2.28. The summed E-state index contributed by atoms with van der Waals surface area (Å²) in [6.45, 7) is 5.32. The monoisotopic (exact) mass is 446 g/mol. The van der Waals surface area contributed by atoms with Crippen LogP contribution in [-0.2, 0) is 7.05 Å². The standard InChI is InChI=1S/C15H18FN3S.C6H5Cl.C2H5N/c1-19-15(14(20-16)10-18-19)12-6-4-11(5-7-12)13-3-2-8-17-9-13;7-6-4-2-1-3-5-6;1-2-3/h4-7,10,13,17H,2-3,8-9H2,1H3;1-5H;2H,1,3H2. The van der Waals surface area contributed by atoms with Gasteiger partial charge in [0.25, 0.3) is 0 Å². The van der Waals surface area contributed by atoms with Crippen molar-refractivity contribution in [2.45, 2.75) is 23.7 Å². The summed E-state index contributed by atoms with van der Waals surface area (Å²) in [5.41, 5.74) is 7.82. The van der Waals surface area contributed by atoms with Crippen LogP contribution in [0.4, 0.5) is 3.89 Å². The van der Waals surface area contributed by atoms with E-state index in [2.05, 4.69) is 47.0 Å². The van der Waals surface area contributed by atoms with Gasteiger partial charge in [-0.15, -0.1) is 0 Å². The topological polar surface area (TPSA) is 55.9 Å². The van der Waals surface area contributed by atoms with Crippen LogP contribution in [0.3, 0.4) is 0 Å². The van der Waals surface area contributed by atoms with Crippen molar-refractivity contribution in [1.82, 2.24) is 15.1 Å². The molecule has 1 saturated heterocycles. The molecule has 7 heteroatoms. The van der Waals surface area contributed by atoms with Gasteiger partial charge in [0, 0.05) is 24.2 Å². The third-order valence-electron chi connectivity index (χ3n) is 4.67. The van der Waals surface area contributed by atoms with Crippen molar-refractivity contribution in [2.24, 2.45) is 12.8 Å². The van der Waals surface area contributed by atoms with Crippen LogP contribution < -0.4 is 11.1 Å². The molecule has 2 heterocycles. The van der Waals surface area contributed by atoms with Crippen LogP contribution in [0.25, 0.3) is 11.3 Å². The van der Waals surface area contributed by atoms with Crippen LogP contribution in [-0.4, -0.2) is 22.9 Å². The first-order valence-electron chi connectivity index (χ1n) is 9.75. The van der Waals surface area contributed by atoms with Crippen LogP contribution in [0.15, 0.2) is 78.5 Å². The van der Waals surface area contributed by atoms with E-state index in [9.17, 15) is 3.89 Å². The molecule has 0 aliphatic carbocycles. The highest BCUT2D eigenvalue weighted by Gasteiger charge is 2.16. The van der Waals surface area contributed by atoms with Crippen LogP contribution in [0.5, 0.6) is 0 Å². The predicted molar refractivity (Wildman–Crippen MR) is 126 cm³/mol. The first-order valence-corrected chi connectivity index (χ1v) is 10.8. The Kier molecular flexibility index (Phi) is 10.5. The maximum atomic E-state index is 12.9. The minimum atomic E-state index is 0.250. The zero-order valence-electron chi connectivity index (χ0n) is 17.1. The number of hydrogen-bond acceptors (Lipinski definition) is 4. The van der Waals surface area contributed by atoms with E-state index in [4.69, 9.17) is 11.6 Å². The van der Waals surface area contributed by atoms with Gasteiger partial charge in [-0.05, 0) is 49.2 Å². The molecular weight excluding hydrogens is 419 g/mol. The van der Waals surface area contributed by atoms with Crippen molar-refractivity contribution in [1.29, 1.82) is 0 Å². The van der Waals surface area contributed by atoms with Gasteiger partial charge in [0.15, 0.2) is 0 Å². The molecule has 2 aromatic carbocycles. The Morgan fingerprint density at radius 2 is 1.90 bits per heavy atom. The Bertz CT molecular complexity index is 878. The second kappa shape index (κ2) is 13.1. The van der Waals surface area contributed by atoms with E-state index in [1.165, 1.54) is 24.6 Å². The molecule has 0 radical (unpaired) electrons. The first kappa shape index (κ1) is 24.0. The number of aryl methyl sites for hydroxylation is 1. The van der Waals surface area contributed by atoms with Gasteiger partial charge in [-0.1, -0.05) is 60.6 Å². The smallest absolute Gasteiger partial charge is 0.0867 e. The molecule has 4 rings (SSSR count). The number of piperidine rings is 1. The number of rotatable bonds is 3. The molecule has 3 N–H and O–H groups in total. The molecule has 1 aliphatic heterocycles. The second-order valence-corrected chi connectivity index (χ2v) is 7.79. The van der Waals surface area contributed by atoms with Gasteiger partial charge in [-0.25, -0.2) is 0 Å². The second-order valence-electron chi connectivity index (χ2n) is 6.75. The van der Waals surface area contributed by atoms with Crippen molar-refractivity contribution in [3.8, 4) is 11.3 Å². The van der Waals surface area contributed by atoms with E-state index in [1.54, 1.807) is 10.9 Å². The van der Waals surface area contributed by atoms with Crippen molar-refractivity contribution >= 4 is 23.7 Å². The van der Waals surface area contributed by atoms with E-state index in [-0.39, 0.29) is 12.1 Å². The lowest BCUT2D eigenvalue weighted by Crippen LogP contribution is -2.28. The molecule has 0 saturated carbocycles. The summed E-state index contributed by atoms with van der Waals surface area (Å²) in [6.07, 6.45) is 5.29. The molecule has 1 aromatic heterocycles. The molecule has 3 aromatic rings. The fourth-order valence-corrected chi connectivity index (χ4v) is 3.82. The molecule has 0 bridgehead atoms. The molecule has 0 spiro atoms. The number of nitrogens with two attached hydrogens (primary N) is 1. The van der Waals surface area contributed by atoms with E-state index in [0.29, 0.717) is 10.8 Å². The van der Waals surface area contributed by atoms with Crippen LogP contribution in [0.2, 0.25) is 5.02 Å². The van der Waals surface area contributed by atoms with Gasteiger partial charge >= 0.3 is 0 Å². The average molecular weight is 447 g/mol. The minimum Gasteiger partial charge on any atom is -0.405 e. The molecule has 1 fully saturated rings. The van der Waals surface area contributed by atoms with Gasteiger partial charge in [0.2, 0.25) is 0 Å². The largest absolute Gasteiger partial charge is 0.405 e. The summed E-state index contributed by atoms with van der Waals surface area (Å²) in [5.74, 6) is 0.597. The summed E-state index contributed by atoms with van der Waals surface area (Å²) >= 11 is 5.79. The number of nitrogens with one attached hydrogen (secondary N) is 1. The molecule has 1 unspecified atom stereocenters. The van der Waals surface area contributed by atoms with E-state index >= 15 is 0 Å². The molecule has 4 nitrogen and oxygen atoms in total. The zero-order chi connectivity index (χ0) is 21.8. The highest BCUT2D eigenvalue weighted by molar-refractivity contribution is 7.94. The van der Waals surface area contributed by atoms with Crippen LogP contribution in [0, 0.1) is 0 Å². The Balaban J connectivity index is 0.000000266. The highest BCUT2D eigenvalue weighted by atomic mass is 35.5. The van der Waals surface area contributed by atoms with Gasteiger partial charge < -0.3 is 11.1 Å². The number of benzene rings is 2. The maximum absolute atomic E-state index is 12.9. The first-order chi connectivity index (χ1) is 14.6. The van der Waals surface area contributed by atoms with Crippen molar-refractivity contribution in [3.05, 3.63) is 84.2 Å². The molecule has 1 aliphatic rings. The van der Waals surface area contributed by atoms with Gasteiger partial charge in [-0.3, -0.25) is 4.68 Å². The molecule has 1 atom stereocenters. The lowest BCUT2D eigenvalue weighted by atomic mass is 9.91. The molecule has 0 amide bonds. The van der Waals surface area contributed by atoms with Crippen molar-refractivity contribution in [2.75, 3.05) is 13.1 Å². The summed E-state index contributed by atoms with van der Waals surface area (Å²) < 4.78 is 14.6. The minimum absolute atomic E-state index is 0.250.